The van der Waals surface area contributed by atoms with Gasteiger partial charge in [0.2, 0.25) is 5.91 Å². The highest BCUT2D eigenvalue weighted by Crippen LogP contribution is 2.18. The normalized spacial score (nSPS) is 20.4. The van der Waals surface area contributed by atoms with Gasteiger partial charge in [-0.05, 0) is 18.6 Å². The lowest BCUT2D eigenvalue weighted by Gasteiger charge is -2.33. The van der Waals surface area contributed by atoms with E-state index >= 15 is 0 Å². The first kappa shape index (κ1) is 12.0. The van der Waals surface area contributed by atoms with Crippen LogP contribution in [0.5, 0.6) is 0 Å². The summed E-state index contributed by atoms with van der Waals surface area (Å²) in [5, 5.41) is 3.43. The van der Waals surface area contributed by atoms with E-state index in [2.05, 4.69) is 23.3 Å². The fourth-order valence-electron chi connectivity index (χ4n) is 2.25. The summed E-state index contributed by atoms with van der Waals surface area (Å²) in [4.78, 5) is 18.1. The predicted molar refractivity (Wildman–Crippen MR) is 66.6 cm³/mol. The zero-order valence-corrected chi connectivity index (χ0v) is 10.4. The summed E-state index contributed by atoms with van der Waals surface area (Å²) < 4.78 is 0. The van der Waals surface area contributed by atoms with E-state index in [9.17, 15) is 4.79 Å². The van der Waals surface area contributed by atoms with Gasteiger partial charge in [-0.25, -0.2) is 0 Å². The molecule has 92 valence electrons. The van der Waals surface area contributed by atoms with Crippen molar-refractivity contribution in [2.75, 3.05) is 19.6 Å². The number of carbonyl (C=O) groups is 1. The van der Waals surface area contributed by atoms with E-state index in [1.165, 1.54) is 5.56 Å². The van der Waals surface area contributed by atoms with E-state index in [4.69, 9.17) is 0 Å². The Morgan fingerprint density at radius 1 is 1.65 bits per heavy atom. The second kappa shape index (κ2) is 5.27. The minimum absolute atomic E-state index is 0.167. The number of hydrogen-bond donors (Lipinski definition) is 1. The Hall–Kier alpha value is -1.42. The number of amides is 1. The van der Waals surface area contributed by atoms with Gasteiger partial charge in [-0.1, -0.05) is 13.0 Å². The average Bonchev–Trinajstić information content (AvgIpc) is 2.38. The molecule has 1 aromatic heterocycles. The molecule has 1 aliphatic rings. The molecule has 0 bridgehead atoms. The van der Waals surface area contributed by atoms with Gasteiger partial charge >= 0.3 is 0 Å². The first-order valence-electron chi connectivity index (χ1n) is 6.15. The number of aryl methyl sites for hydroxylation is 1. The fraction of sp³-hybridized carbons (Fsp3) is 0.538. The molecular formula is C13H19N3O. The molecule has 4 heteroatoms. The smallest absolute Gasteiger partial charge is 0.222 e. The lowest BCUT2D eigenvalue weighted by Crippen LogP contribution is -2.48. The predicted octanol–water partition coefficient (Wildman–Crippen LogP) is 1.27. The molecule has 0 radical (unpaired) electrons. The molecule has 2 rings (SSSR count). The van der Waals surface area contributed by atoms with Gasteiger partial charge in [-0.15, -0.1) is 0 Å². The van der Waals surface area contributed by atoms with Crippen molar-refractivity contribution in [2.24, 2.45) is 0 Å². The summed E-state index contributed by atoms with van der Waals surface area (Å²) in [5.74, 6) is 0.227. The zero-order valence-electron chi connectivity index (χ0n) is 10.4. The Bertz CT molecular complexity index is 405. The molecule has 1 amide bonds. The summed E-state index contributed by atoms with van der Waals surface area (Å²) in [6, 6.07) is 4.17. The SMILES string of the molecule is CCC(=O)N1CCN[C@@H](c2ncccc2C)C1. The highest BCUT2D eigenvalue weighted by Gasteiger charge is 2.24. The van der Waals surface area contributed by atoms with Crippen LogP contribution in [0.25, 0.3) is 0 Å². The second-order valence-electron chi connectivity index (χ2n) is 4.41. The maximum Gasteiger partial charge on any atom is 0.222 e. The summed E-state index contributed by atoms with van der Waals surface area (Å²) in [6.45, 7) is 6.34. The Morgan fingerprint density at radius 2 is 2.47 bits per heavy atom. The number of nitrogens with one attached hydrogen (secondary N) is 1. The van der Waals surface area contributed by atoms with E-state index < -0.39 is 0 Å². The van der Waals surface area contributed by atoms with Gasteiger partial charge in [0.25, 0.3) is 0 Å². The van der Waals surface area contributed by atoms with Crippen LogP contribution in [-0.2, 0) is 4.79 Å². The van der Waals surface area contributed by atoms with Crippen molar-refractivity contribution in [1.82, 2.24) is 15.2 Å². The van der Waals surface area contributed by atoms with Crippen LogP contribution in [0.15, 0.2) is 18.3 Å². The molecule has 1 fully saturated rings. The van der Waals surface area contributed by atoms with Crippen molar-refractivity contribution in [2.45, 2.75) is 26.3 Å². The molecular weight excluding hydrogens is 214 g/mol. The Morgan fingerprint density at radius 3 is 3.18 bits per heavy atom. The zero-order chi connectivity index (χ0) is 12.3. The van der Waals surface area contributed by atoms with Gasteiger partial charge in [0.1, 0.15) is 0 Å². The van der Waals surface area contributed by atoms with Crippen LogP contribution >= 0.6 is 0 Å². The molecule has 1 N–H and O–H groups in total. The van der Waals surface area contributed by atoms with Crippen LogP contribution < -0.4 is 5.32 Å². The lowest BCUT2D eigenvalue weighted by molar-refractivity contribution is -0.132. The van der Waals surface area contributed by atoms with E-state index in [0.717, 1.165) is 25.3 Å². The summed E-state index contributed by atoms with van der Waals surface area (Å²) >= 11 is 0. The van der Waals surface area contributed by atoms with Crippen LogP contribution in [0.4, 0.5) is 0 Å². The number of piperazine rings is 1. The maximum atomic E-state index is 11.7. The van der Waals surface area contributed by atoms with Crippen molar-refractivity contribution in [1.29, 1.82) is 0 Å². The minimum atomic E-state index is 0.167. The number of carbonyl (C=O) groups excluding carboxylic acids is 1. The summed E-state index contributed by atoms with van der Waals surface area (Å²) in [6.07, 6.45) is 2.39. The van der Waals surface area contributed by atoms with Gasteiger partial charge in [0.15, 0.2) is 0 Å². The molecule has 0 saturated carbocycles. The lowest BCUT2D eigenvalue weighted by atomic mass is 10.1. The van der Waals surface area contributed by atoms with Crippen molar-refractivity contribution >= 4 is 5.91 Å². The van der Waals surface area contributed by atoms with Crippen molar-refractivity contribution in [3.63, 3.8) is 0 Å². The van der Waals surface area contributed by atoms with Crippen LogP contribution in [0, 0.1) is 6.92 Å². The molecule has 1 aliphatic heterocycles. The fourth-order valence-corrected chi connectivity index (χ4v) is 2.25. The number of pyridine rings is 1. The Labute approximate surface area is 102 Å². The molecule has 17 heavy (non-hydrogen) atoms. The van der Waals surface area contributed by atoms with Gasteiger partial charge in [-0.3, -0.25) is 9.78 Å². The van der Waals surface area contributed by atoms with Gasteiger partial charge in [0.05, 0.1) is 11.7 Å². The van der Waals surface area contributed by atoms with Gasteiger partial charge in [-0.2, -0.15) is 0 Å². The third kappa shape index (κ3) is 2.64. The summed E-state index contributed by atoms with van der Waals surface area (Å²) in [7, 11) is 0. The Kier molecular flexibility index (Phi) is 3.74. The number of rotatable bonds is 2. The highest BCUT2D eigenvalue weighted by molar-refractivity contribution is 5.76. The monoisotopic (exact) mass is 233 g/mol. The van der Waals surface area contributed by atoms with Crippen molar-refractivity contribution < 1.29 is 4.79 Å². The first-order chi connectivity index (χ1) is 8.22. The third-order valence-corrected chi connectivity index (χ3v) is 3.21. The third-order valence-electron chi connectivity index (χ3n) is 3.21. The van der Waals surface area contributed by atoms with Crippen molar-refractivity contribution in [3.05, 3.63) is 29.6 Å². The average molecular weight is 233 g/mol. The van der Waals surface area contributed by atoms with Crippen LogP contribution in [0.2, 0.25) is 0 Å². The second-order valence-corrected chi connectivity index (χ2v) is 4.41. The maximum absolute atomic E-state index is 11.7. The van der Waals surface area contributed by atoms with Crippen molar-refractivity contribution in [3.8, 4) is 0 Å². The molecule has 4 nitrogen and oxygen atoms in total. The molecule has 0 spiro atoms. The standard InChI is InChI=1S/C13H19N3O/c1-3-12(17)16-8-7-14-11(9-16)13-10(2)5-4-6-15-13/h4-6,11,14H,3,7-9H2,1-2H3/t11-/m1/s1. The largest absolute Gasteiger partial charge is 0.339 e. The number of nitrogens with zero attached hydrogens (tertiary/aromatic N) is 2. The number of aromatic nitrogens is 1. The molecule has 1 aromatic rings. The van der Waals surface area contributed by atoms with E-state index in [0.29, 0.717) is 6.42 Å². The van der Waals surface area contributed by atoms with Gasteiger partial charge < -0.3 is 10.2 Å². The first-order valence-corrected chi connectivity index (χ1v) is 6.15. The molecule has 0 aromatic carbocycles. The summed E-state index contributed by atoms with van der Waals surface area (Å²) in [5.41, 5.74) is 2.23. The quantitative estimate of drug-likeness (QED) is 0.836. The topological polar surface area (TPSA) is 45.2 Å². The molecule has 0 unspecified atom stereocenters. The van der Waals surface area contributed by atoms with Crippen LogP contribution in [-0.4, -0.2) is 35.4 Å². The van der Waals surface area contributed by atoms with Gasteiger partial charge in [0, 0.05) is 32.3 Å². The van der Waals surface area contributed by atoms with E-state index in [1.807, 2.05) is 24.1 Å². The van der Waals surface area contributed by atoms with Crippen LogP contribution in [0.3, 0.4) is 0 Å². The molecule has 0 aliphatic carbocycles. The minimum Gasteiger partial charge on any atom is -0.339 e. The van der Waals surface area contributed by atoms with E-state index in [-0.39, 0.29) is 11.9 Å². The van der Waals surface area contributed by atoms with E-state index in [1.54, 1.807) is 0 Å². The molecule has 1 atom stereocenters. The molecule has 1 saturated heterocycles. The number of hydrogen-bond acceptors (Lipinski definition) is 3. The Balaban J connectivity index is 2.12. The highest BCUT2D eigenvalue weighted by atomic mass is 16.2. The molecule has 2 heterocycles. The van der Waals surface area contributed by atoms with Crippen LogP contribution in [0.1, 0.15) is 30.6 Å².